The molecular formula is C15H14ClN5O2S. The Morgan fingerprint density at radius 2 is 2.21 bits per heavy atom. The Labute approximate surface area is 148 Å². The molecule has 0 aliphatic rings. The number of halogens is 1. The van der Waals surface area contributed by atoms with Gasteiger partial charge in [-0.05, 0) is 24.5 Å². The van der Waals surface area contributed by atoms with Crippen LogP contribution in [-0.2, 0) is 0 Å². The summed E-state index contributed by atoms with van der Waals surface area (Å²) < 4.78 is 5.63. The topological polar surface area (TPSA) is 99.9 Å². The van der Waals surface area contributed by atoms with Gasteiger partial charge in [-0.2, -0.15) is 17.0 Å². The molecule has 24 heavy (non-hydrogen) atoms. The Hall–Kier alpha value is -2.50. The first kappa shape index (κ1) is 17.8. The lowest BCUT2D eigenvalue weighted by molar-refractivity contribution is 0.262. The highest BCUT2D eigenvalue weighted by molar-refractivity contribution is 7.98. The standard InChI is InChI=1S/C15H14ClN5O2S/c1-24-5-4-23-13-3-2-10(16)6-12(13)20-15(22)21-14-9-18-11(7-17)8-19-14/h2-3,6,8-9H,4-5H2,1H3,(H2,19,20,21,22). The number of aromatic nitrogens is 2. The quantitative estimate of drug-likeness (QED) is 0.763. The summed E-state index contributed by atoms with van der Waals surface area (Å²) in [4.78, 5) is 19.8. The van der Waals surface area contributed by atoms with Crippen molar-refractivity contribution in [3.8, 4) is 11.8 Å². The third kappa shape index (κ3) is 5.30. The Bertz CT molecular complexity index is 749. The minimum absolute atomic E-state index is 0.167. The molecule has 2 rings (SSSR count). The molecule has 0 unspecified atom stereocenters. The third-order valence-corrected chi connectivity index (χ3v) is 3.55. The van der Waals surface area contributed by atoms with Crippen molar-refractivity contribution in [1.29, 1.82) is 5.26 Å². The maximum Gasteiger partial charge on any atom is 0.325 e. The molecule has 0 fully saturated rings. The van der Waals surface area contributed by atoms with Crippen LogP contribution in [0.3, 0.4) is 0 Å². The second-order valence-electron chi connectivity index (χ2n) is 4.46. The second kappa shape index (κ2) is 8.96. The average molecular weight is 364 g/mol. The van der Waals surface area contributed by atoms with Crippen LogP contribution < -0.4 is 15.4 Å². The maximum atomic E-state index is 12.1. The number of thioether (sulfide) groups is 1. The molecule has 7 nitrogen and oxygen atoms in total. The van der Waals surface area contributed by atoms with Crippen LogP contribution >= 0.6 is 23.4 Å². The molecule has 2 N–H and O–H groups in total. The van der Waals surface area contributed by atoms with Crippen LogP contribution in [0, 0.1) is 11.3 Å². The number of hydrogen-bond donors (Lipinski definition) is 2. The van der Waals surface area contributed by atoms with Gasteiger partial charge in [-0.3, -0.25) is 5.32 Å². The SMILES string of the molecule is CSCCOc1ccc(Cl)cc1NC(=O)Nc1cnc(C#N)cn1. The minimum Gasteiger partial charge on any atom is -0.491 e. The second-order valence-corrected chi connectivity index (χ2v) is 5.88. The van der Waals surface area contributed by atoms with Crippen molar-refractivity contribution in [2.75, 3.05) is 29.2 Å². The van der Waals surface area contributed by atoms with E-state index in [1.54, 1.807) is 30.0 Å². The molecule has 1 heterocycles. The van der Waals surface area contributed by atoms with Crippen molar-refractivity contribution in [1.82, 2.24) is 9.97 Å². The summed E-state index contributed by atoms with van der Waals surface area (Å²) >= 11 is 7.63. The number of amides is 2. The van der Waals surface area contributed by atoms with E-state index in [1.165, 1.54) is 12.4 Å². The Morgan fingerprint density at radius 1 is 1.38 bits per heavy atom. The van der Waals surface area contributed by atoms with Gasteiger partial charge in [-0.25, -0.2) is 14.8 Å². The molecule has 9 heteroatoms. The van der Waals surface area contributed by atoms with E-state index in [4.69, 9.17) is 21.6 Å². The fraction of sp³-hybridized carbons (Fsp3) is 0.200. The monoisotopic (exact) mass is 363 g/mol. The number of nitrogens with zero attached hydrogens (tertiary/aromatic N) is 3. The highest BCUT2D eigenvalue weighted by Crippen LogP contribution is 2.28. The molecule has 1 aromatic carbocycles. The van der Waals surface area contributed by atoms with Gasteiger partial charge < -0.3 is 10.1 Å². The lowest BCUT2D eigenvalue weighted by Gasteiger charge is -2.13. The zero-order valence-corrected chi connectivity index (χ0v) is 14.3. The summed E-state index contributed by atoms with van der Waals surface area (Å²) in [5, 5.41) is 14.3. The van der Waals surface area contributed by atoms with Crippen LogP contribution in [0.1, 0.15) is 5.69 Å². The Kier molecular flexibility index (Phi) is 6.66. The number of ether oxygens (including phenoxy) is 1. The van der Waals surface area contributed by atoms with Crippen molar-refractivity contribution in [3.05, 3.63) is 41.3 Å². The third-order valence-electron chi connectivity index (χ3n) is 2.74. The van der Waals surface area contributed by atoms with Gasteiger partial charge in [0.2, 0.25) is 0 Å². The lowest BCUT2D eigenvalue weighted by Crippen LogP contribution is -2.21. The van der Waals surface area contributed by atoms with Crippen molar-refractivity contribution < 1.29 is 9.53 Å². The van der Waals surface area contributed by atoms with Gasteiger partial charge in [0.05, 0.1) is 24.7 Å². The van der Waals surface area contributed by atoms with Crippen LogP contribution in [-0.4, -0.2) is 34.6 Å². The van der Waals surface area contributed by atoms with Gasteiger partial charge in [0.25, 0.3) is 0 Å². The molecule has 0 saturated carbocycles. The van der Waals surface area contributed by atoms with Crippen molar-refractivity contribution >= 4 is 40.9 Å². The normalized spacial score (nSPS) is 9.88. The van der Waals surface area contributed by atoms with Gasteiger partial charge in [-0.1, -0.05) is 11.6 Å². The van der Waals surface area contributed by atoms with E-state index in [0.717, 1.165) is 5.75 Å². The molecule has 2 amide bonds. The average Bonchev–Trinajstić information content (AvgIpc) is 2.57. The summed E-state index contributed by atoms with van der Waals surface area (Å²) in [5.74, 6) is 1.57. The highest BCUT2D eigenvalue weighted by atomic mass is 35.5. The van der Waals surface area contributed by atoms with Crippen molar-refractivity contribution in [3.63, 3.8) is 0 Å². The summed E-state index contributed by atoms with van der Waals surface area (Å²) in [6, 6.07) is 6.31. The zero-order chi connectivity index (χ0) is 17.4. The van der Waals surface area contributed by atoms with E-state index in [9.17, 15) is 4.79 Å². The van der Waals surface area contributed by atoms with E-state index in [-0.39, 0.29) is 11.5 Å². The maximum absolute atomic E-state index is 12.1. The zero-order valence-electron chi connectivity index (χ0n) is 12.7. The first-order chi connectivity index (χ1) is 11.6. The van der Waals surface area contributed by atoms with Crippen LogP contribution in [0.4, 0.5) is 16.3 Å². The van der Waals surface area contributed by atoms with Crippen LogP contribution in [0.2, 0.25) is 5.02 Å². The van der Waals surface area contributed by atoms with E-state index in [1.807, 2.05) is 12.3 Å². The number of nitriles is 1. The molecule has 0 saturated heterocycles. The molecule has 1 aromatic heterocycles. The minimum atomic E-state index is -0.522. The number of carbonyl (C=O) groups excluding carboxylic acids is 1. The van der Waals surface area contributed by atoms with Crippen LogP contribution in [0.15, 0.2) is 30.6 Å². The number of carbonyl (C=O) groups is 1. The summed E-state index contributed by atoms with van der Waals surface area (Å²) in [7, 11) is 0. The van der Waals surface area contributed by atoms with E-state index < -0.39 is 6.03 Å². The molecule has 0 atom stereocenters. The predicted molar refractivity (Wildman–Crippen MR) is 94.7 cm³/mol. The fourth-order valence-corrected chi connectivity index (χ4v) is 2.10. The van der Waals surface area contributed by atoms with E-state index >= 15 is 0 Å². The number of nitrogens with one attached hydrogen (secondary N) is 2. The number of hydrogen-bond acceptors (Lipinski definition) is 6. The molecule has 0 spiro atoms. The molecule has 0 aliphatic heterocycles. The highest BCUT2D eigenvalue weighted by Gasteiger charge is 2.10. The van der Waals surface area contributed by atoms with Gasteiger partial charge in [0.1, 0.15) is 11.8 Å². The summed E-state index contributed by atoms with van der Waals surface area (Å²) in [5.41, 5.74) is 0.614. The van der Waals surface area contributed by atoms with Gasteiger partial charge >= 0.3 is 6.03 Å². The smallest absolute Gasteiger partial charge is 0.325 e. The van der Waals surface area contributed by atoms with E-state index in [0.29, 0.717) is 23.1 Å². The lowest BCUT2D eigenvalue weighted by atomic mass is 10.3. The predicted octanol–water partition coefficient (Wildman–Crippen LogP) is 3.39. The van der Waals surface area contributed by atoms with Gasteiger partial charge in [0.15, 0.2) is 11.5 Å². The largest absolute Gasteiger partial charge is 0.491 e. The van der Waals surface area contributed by atoms with Gasteiger partial charge in [0, 0.05) is 10.8 Å². The fourth-order valence-electron chi connectivity index (χ4n) is 1.68. The first-order valence-electron chi connectivity index (χ1n) is 6.84. The number of benzene rings is 1. The Balaban J connectivity index is 2.04. The molecule has 124 valence electrons. The molecule has 0 radical (unpaired) electrons. The Morgan fingerprint density at radius 3 is 2.88 bits per heavy atom. The summed E-state index contributed by atoms with van der Waals surface area (Å²) in [6.45, 7) is 0.514. The van der Waals surface area contributed by atoms with Crippen molar-refractivity contribution in [2.24, 2.45) is 0 Å². The molecular weight excluding hydrogens is 350 g/mol. The number of urea groups is 1. The van der Waals surface area contributed by atoms with E-state index in [2.05, 4.69) is 20.6 Å². The molecule has 0 bridgehead atoms. The van der Waals surface area contributed by atoms with Crippen molar-refractivity contribution in [2.45, 2.75) is 0 Å². The van der Waals surface area contributed by atoms with Crippen LogP contribution in [0.5, 0.6) is 5.75 Å². The first-order valence-corrected chi connectivity index (χ1v) is 8.61. The number of anilines is 2. The molecule has 2 aromatic rings. The summed E-state index contributed by atoms with van der Waals surface area (Å²) in [6.07, 6.45) is 4.55. The molecule has 0 aliphatic carbocycles. The number of rotatable bonds is 6. The van der Waals surface area contributed by atoms with Gasteiger partial charge in [-0.15, -0.1) is 0 Å². The van der Waals surface area contributed by atoms with Crippen LogP contribution in [0.25, 0.3) is 0 Å².